The van der Waals surface area contributed by atoms with Crippen molar-refractivity contribution in [1.29, 1.82) is 5.26 Å². The molecule has 0 aliphatic heterocycles. The predicted molar refractivity (Wildman–Crippen MR) is 83.6 cm³/mol. The normalized spacial score (nSPS) is 17.2. The molecule has 5 heteroatoms. The van der Waals surface area contributed by atoms with E-state index in [1.54, 1.807) is 19.2 Å². The van der Waals surface area contributed by atoms with Gasteiger partial charge in [-0.25, -0.2) is 8.42 Å². The predicted octanol–water partition coefficient (Wildman–Crippen LogP) is 2.87. The summed E-state index contributed by atoms with van der Waals surface area (Å²) in [5.74, 6) is 0. The lowest BCUT2D eigenvalue weighted by atomic mass is 10.1. The largest absolute Gasteiger partial charge is 0.243 e. The summed E-state index contributed by atoms with van der Waals surface area (Å²) >= 11 is 0. The smallest absolute Gasteiger partial charge is 0.207 e. The first kappa shape index (κ1) is 14.8. The number of sulfonamides is 1. The summed E-state index contributed by atoms with van der Waals surface area (Å²) in [5, 5.41) is 8.95. The topological polar surface area (TPSA) is 61.2 Å². The average Bonchev–Trinajstić information content (AvgIpc) is 2.98. The van der Waals surface area contributed by atoms with Gasteiger partial charge in [-0.15, -0.1) is 0 Å². The summed E-state index contributed by atoms with van der Waals surface area (Å²) in [6.07, 6.45) is 1.67. The Hall–Kier alpha value is -2.16. The highest BCUT2D eigenvalue weighted by Crippen LogP contribution is 2.37. The van der Waals surface area contributed by atoms with E-state index in [9.17, 15) is 8.42 Å². The van der Waals surface area contributed by atoms with Crippen LogP contribution >= 0.6 is 0 Å². The van der Waals surface area contributed by atoms with E-state index in [0.717, 1.165) is 18.4 Å². The highest BCUT2D eigenvalue weighted by Gasteiger charge is 2.33. The van der Waals surface area contributed by atoms with E-state index in [2.05, 4.69) is 0 Å². The Bertz CT molecular complexity index is 853. The molecule has 0 aromatic heterocycles. The quantitative estimate of drug-likeness (QED) is 0.875. The minimum atomic E-state index is -3.62. The lowest BCUT2D eigenvalue weighted by molar-refractivity contribution is 0.374. The third-order valence-corrected chi connectivity index (χ3v) is 6.04. The molecule has 0 bridgehead atoms. The van der Waals surface area contributed by atoms with Crippen molar-refractivity contribution in [1.82, 2.24) is 4.31 Å². The maximum atomic E-state index is 12.8. The number of benzene rings is 2. The van der Waals surface area contributed by atoms with Gasteiger partial charge in [0.25, 0.3) is 0 Å². The summed E-state index contributed by atoms with van der Waals surface area (Å²) in [6, 6.07) is 15.9. The van der Waals surface area contributed by atoms with Crippen molar-refractivity contribution in [3.63, 3.8) is 0 Å². The number of hydrogen-bond donors (Lipinski definition) is 0. The molecule has 0 saturated carbocycles. The average molecular weight is 312 g/mol. The molecule has 0 N–H and O–H groups in total. The van der Waals surface area contributed by atoms with Gasteiger partial charge in [-0.1, -0.05) is 30.3 Å². The van der Waals surface area contributed by atoms with Gasteiger partial charge in [0.05, 0.1) is 22.6 Å². The van der Waals surface area contributed by atoms with E-state index in [1.165, 1.54) is 22.0 Å². The molecule has 3 rings (SSSR count). The van der Waals surface area contributed by atoms with Gasteiger partial charge in [-0.3, -0.25) is 0 Å². The molecule has 0 radical (unpaired) electrons. The van der Waals surface area contributed by atoms with Crippen LogP contribution in [0.5, 0.6) is 0 Å². The van der Waals surface area contributed by atoms with Gasteiger partial charge < -0.3 is 0 Å². The Kier molecular flexibility index (Phi) is 3.73. The van der Waals surface area contributed by atoms with Crippen LogP contribution in [-0.4, -0.2) is 19.8 Å². The van der Waals surface area contributed by atoms with Crippen LogP contribution in [0.15, 0.2) is 53.4 Å². The van der Waals surface area contributed by atoms with E-state index in [4.69, 9.17) is 5.26 Å². The van der Waals surface area contributed by atoms with Gasteiger partial charge in [0.1, 0.15) is 0 Å². The Morgan fingerprint density at radius 3 is 2.73 bits per heavy atom. The summed E-state index contributed by atoms with van der Waals surface area (Å²) in [5.41, 5.74) is 2.63. The fourth-order valence-electron chi connectivity index (χ4n) is 2.97. The monoisotopic (exact) mass is 312 g/mol. The molecule has 0 saturated heterocycles. The number of fused-ring (bicyclic) bond motifs is 1. The minimum Gasteiger partial charge on any atom is -0.207 e. The molecule has 0 unspecified atom stereocenters. The molecule has 2 aromatic carbocycles. The van der Waals surface area contributed by atoms with Crippen LogP contribution in [-0.2, 0) is 16.4 Å². The highest BCUT2D eigenvalue weighted by molar-refractivity contribution is 7.89. The van der Waals surface area contributed by atoms with Crippen LogP contribution in [0.25, 0.3) is 0 Å². The van der Waals surface area contributed by atoms with Gasteiger partial charge >= 0.3 is 0 Å². The molecule has 2 aromatic rings. The van der Waals surface area contributed by atoms with Crippen molar-refractivity contribution in [3.8, 4) is 6.07 Å². The first-order valence-corrected chi connectivity index (χ1v) is 8.54. The maximum absolute atomic E-state index is 12.8. The molecule has 1 aliphatic carbocycles. The van der Waals surface area contributed by atoms with E-state index < -0.39 is 10.0 Å². The Labute approximate surface area is 130 Å². The van der Waals surface area contributed by atoms with Crippen molar-refractivity contribution >= 4 is 10.0 Å². The zero-order valence-electron chi connectivity index (χ0n) is 12.2. The van der Waals surface area contributed by atoms with E-state index in [-0.39, 0.29) is 10.9 Å². The Morgan fingerprint density at radius 2 is 1.95 bits per heavy atom. The lowest BCUT2D eigenvalue weighted by Crippen LogP contribution is -2.30. The fourth-order valence-corrected chi connectivity index (χ4v) is 4.39. The van der Waals surface area contributed by atoms with Gasteiger partial charge in [-0.2, -0.15) is 9.57 Å². The first-order valence-electron chi connectivity index (χ1n) is 7.10. The second-order valence-electron chi connectivity index (χ2n) is 5.41. The molecule has 1 aliphatic rings. The van der Waals surface area contributed by atoms with E-state index in [0.29, 0.717) is 5.56 Å². The molecule has 0 fully saturated rings. The van der Waals surface area contributed by atoms with Crippen LogP contribution in [0.3, 0.4) is 0 Å². The zero-order valence-corrected chi connectivity index (χ0v) is 13.0. The molecular formula is C17H16N2O2S. The Morgan fingerprint density at radius 1 is 1.18 bits per heavy atom. The van der Waals surface area contributed by atoms with Crippen LogP contribution in [0, 0.1) is 11.3 Å². The molecule has 0 spiro atoms. The summed E-state index contributed by atoms with van der Waals surface area (Å²) < 4.78 is 27.1. The second-order valence-corrected chi connectivity index (χ2v) is 7.41. The number of hydrogen-bond acceptors (Lipinski definition) is 3. The number of nitriles is 1. The van der Waals surface area contributed by atoms with E-state index >= 15 is 0 Å². The van der Waals surface area contributed by atoms with Crippen molar-refractivity contribution in [2.24, 2.45) is 0 Å². The number of rotatable bonds is 3. The lowest BCUT2D eigenvalue weighted by Gasteiger charge is -2.24. The van der Waals surface area contributed by atoms with E-state index in [1.807, 2.05) is 30.3 Å². The van der Waals surface area contributed by atoms with Crippen LogP contribution in [0.4, 0.5) is 0 Å². The second kappa shape index (κ2) is 5.56. The molecule has 22 heavy (non-hydrogen) atoms. The van der Waals surface area contributed by atoms with Crippen molar-refractivity contribution in [2.45, 2.75) is 23.8 Å². The molecule has 4 nitrogen and oxygen atoms in total. The highest BCUT2D eigenvalue weighted by atomic mass is 32.2. The minimum absolute atomic E-state index is 0.146. The zero-order chi connectivity index (χ0) is 15.7. The standard InChI is InChI=1S/C17H16N2O2S/c1-19(17-10-9-14-6-2-3-8-16(14)17)22(20,21)15-7-4-5-13(11-15)12-18/h2-8,11,17H,9-10H2,1H3/t17-/m0/s1. The Balaban J connectivity index is 1.98. The maximum Gasteiger partial charge on any atom is 0.243 e. The number of aryl methyl sites for hydroxylation is 1. The third-order valence-electron chi connectivity index (χ3n) is 4.18. The summed E-state index contributed by atoms with van der Waals surface area (Å²) in [6.45, 7) is 0. The van der Waals surface area contributed by atoms with Crippen LogP contribution in [0.1, 0.15) is 29.2 Å². The molecule has 0 heterocycles. The third kappa shape index (κ3) is 2.41. The fraction of sp³-hybridized carbons (Fsp3) is 0.235. The molecule has 0 amide bonds. The molecular weight excluding hydrogens is 296 g/mol. The van der Waals surface area contributed by atoms with Crippen LogP contribution < -0.4 is 0 Å². The van der Waals surface area contributed by atoms with Crippen molar-refractivity contribution < 1.29 is 8.42 Å². The molecule has 1 atom stereocenters. The molecule has 112 valence electrons. The van der Waals surface area contributed by atoms with Crippen molar-refractivity contribution in [3.05, 3.63) is 65.2 Å². The van der Waals surface area contributed by atoms with Crippen molar-refractivity contribution in [2.75, 3.05) is 7.05 Å². The van der Waals surface area contributed by atoms with Gasteiger partial charge in [-0.05, 0) is 42.2 Å². The van der Waals surface area contributed by atoms with Gasteiger partial charge in [0.2, 0.25) is 10.0 Å². The van der Waals surface area contributed by atoms with Crippen LogP contribution in [0.2, 0.25) is 0 Å². The summed E-state index contributed by atoms with van der Waals surface area (Å²) in [4.78, 5) is 0.165. The summed E-state index contributed by atoms with van der Waals surface area (Å²) in [7, 11) is -2.00. The number of nitrogens with zero attached hydrogens (tertiary/aromatic N) is 2. The first-order chi connectivity index (χ1) is 10.5. The van der Waals surface area contributed by atoms with Gasteiger partial charge in [0.15, 0.2) is 0 Å². The SMILES string of the molecule is CN([C@H]1CCc2ccccc21)S(=O)(=O)c1cccc(C#N)c1. The van der Waals surface area contributed by atoms with Gasteiger partial charge in [0, 0.05) is 7.05 Å².